The van der Waals surface area contributed by atoms with Crippen molar-refractivity contribution >= 4 is 5.65 Å². The molecule has 1 N–H and O–H groups in total. The molecule has 0 amide bonds. The van der Waals surface area contributed by atoms with E-state index in [1.165, 1.54) is 0 Å². The van der Waals surface area contributed by atoms with Gasteiger partial charge in [-0.2, -0.15) is 0 Å². The molecule has 0 aliphatic carbocycles. The van der Waals surface area contributed by atoms with Crippen molar-refractivity contribution in [2.24, 2.45) is 0 Å². The number of pyridine rings is 1. The van der Waals surface area contributed by atoms with Gasteiger partial charge in [0.15, 0.2) is 0 Å². The lowest BCUT2D eigenvalue weighted by Crippen LogP contribution is -2.53. The van der Waals surface area contributed by atoms with Gasteiger partial charge in [-0.15, -0.1) is 0 Å². The molecule has 0 bridgehead atoms. The molecular formula is C18H26N4O2. The third-order valence-electron chi connectivity index (χ3n) is 4.59. The van der Waals surface area contributed by atoms with Crippen molar-refractivity contribution in [1.82, 2.24) is 19.2 Å². The first-order chi connectivity index (χ1) is 11.4. The van der Waals surface area contributed by atoms with Crippen LogP contribution in [0.4, 0.5) is 0 Å². The molecule has 3 heterocycles. The van der Waals surface area contributed by atoms with Gasteiger partial charge >= 0.3 is 0 Å². The molecule has 1 saturated heterocycles. The Morgan fingerprint density at radius 1 is 1.38 bits per heavy atom. The predicted molar refractivity (Wildman–Crippen MR) is 94.2 cm³/mol. The normalized spacial score (nSPS) is 21.2. The predicted octanol–water partition coefficient (Wildman–Crippen LogP) is 0.890. The lowest BCUT2D eigenvalue weighted by molar-refractivity contribution is 0.0418. The van der Waals surface area contributed by atoms with Gasteiger partial charge in [0.1, 0.15) is 5.65 Å². The summed E-state index contributed by atoms with van der Waals surface area (Å²) in [6.45, 7) is 10.1. The van der Waals surface area contributed by atoms with Crippen molar-refractivity contribution < 1.29 is 5.11 Å². The van der Waals surface area contributed by atoms with E-state index in [2.05, 4.69) is 21.7 Å². The Morgan fingerprint density at radius 2 is 2.17 bits per heavy atom. The summed E-state index contributed by atoms with van der Waals surface area (Å²) < 4.78 is 1.60. The van der Waals surface area contributed by atoms with Crippen LogP contribution in [0.1, 0.15) is 25.1 Å². The molecule has 130 valence electrons. The van der Waals surface area contributed by atoms with Gasteiger partial charge in [-0.05, 0) is 32.4 Å². The third kappa shape index (κ3) is 3.83. The van der Waals surface area contributed by atoms with Gasteiger partial charge in [0.25, 0.3) is 5.56 Å². The second kappa shape index (κ2) is 7.01. The van der Waals surface area contributed by atoms with Crippen LogP contribution in [0.3, 0.4) is 0 Å². The fourth-order valence-corrected chi connectivity index (χ4v) is 3.39. The Balaban J connectivity index is 1.72. The minimum Gasteiger partial charge on any atom is -0.392 e. The van der Waals surface area contributed by atoms with E-state index in [9.17, 15) is 9.90 Å². The zero-order valence-corrected chi connectivity index (χ0v) is 14.6. The Labute approximate surface area is 142 Å². The fourth-order valence-electron chi connectivity index (χ4n) is 3.39. The van der Waals surface area contributed by atoms with Gasteiger partial charge in [0.05, 0.1) is 11.8 Å². The zero-order valence-electron chi connectivity index (χ0n) is 14.6. The van der Waals surface area contributed by atoms with E-state index >= 15 is 0 Å². The average Bonchev–Trinajstić information content (AvgIpc) is 2.50. The highest BCUT2D eigenvalue weighted by Gasteiger charge is 2.24. The standard InChI is InChI=1S/C18H26N4O2/c1-13-4-5-17-19-16(8-18(24)22(17)9-13)12-20-6-7-21(11-15(3)23)14(2)10-20/h4-5,8-9,14-15,23H,6-7,10-12H2,1-3H3/t14-,15-/m0/s1. The third-order valence-corrected chi connectivity index (χ3v) is 4.59. The van der Waals surface area contributed by atoms with E-state index in [4.69, 9.17) is 0 Å². The molecule has 6 nitrogen and oxygen atoms in total. The number of aliphatic hydroxyl groups excluding tert-OH is 1. The summed E-state index contributed by atoms with van der Waals surface area (Å²) in [5.74, 6) is 0. The van der Waals surface area contributed by atoms with Crippen LogP contribution >= 0.6 is 0 Å². The van der Waals surface area contributed by atoms with Crippen molar-refractivity contribution in [2.45, 2.75) is 39.5 Å². The van der Waals surface area contributed by atoms with E-state index in [1.807, 2.05) is 32.2 Å². The van der Waals surface area contributed by atoms with Crippen LogP contribution in [0.2, 0.25) is 0 Å². The van der Waals surface area contributed by atoms with E-state index in [0.29, 0.717) is 24.8 Å². The number of fused-ring (bicyclic) bond motifs is 1. The summed E-state index contributed by atoms with van der Waals surface area (Å²) in [6.07, 6.45) is 1.52. The molecule has 0 saturated carbocycles. The second-order valence-electron chi connectivity index (χ2n) is 6.95. The number of hydrogen-bond donors (Lipinski definition) is 1. The molecule has 0 aromatic carbocycles. The molecule has 0 spiro atoms. The molecule has 1 aliphatic rings. The minimum absolute atomic E-state index is 0.0283. The Kier molecular flexibility index (Phi) is 4.99. The minimum atomic E-state index is -0.301. The van der Waals surface area contributed by atoms with E-state index in [-0.39, 0.29) is 11.7 Å². The summed E-state index contributed by atoms with van der Waals surface area (Å²) in [4.78, 5) is 21.6. The maximum Gasteiger partial charge on any atom is 0.258 e. The first-order valence-electron chi connectivity index (χ1n) is 8.56. The van der Waals surface area contributed by atoms with Crippen LogP contribution in [-0.2, 0) is 6.54 Å². The van der Waals surface area contributed by atoms with Crippen molar-refractivity contribution in [1.29, 1.82) is 0 Å². The molecule has 2 atom stereocenters. The van der Waals surface area contributed by atoms with Gasteiger partial charge < -0.3 is 5.11 Å². The maximum atomic E-state index is 12.3. The number of aryl methyl sites for hydroxylation is 1. The SMILES string of the molecule is Cc1ccc2nc(CN3CCN(C[C@H](C)O)[C@@H](C)C3)cc(=O)n2c1. The number of aromatic nitrogens is 2. The number of piperazine rings is 1. The first-order valence-corrected chi connectivity index (χ1v) is 8.56. The molecular weight excluding hydrogens is 304 g/mol. The largest absolute Gasteiger partial charge is 0.392 e. The van der Waals surface area contributed by atoms with Crippen LogP contribution in [0, 0.1) is 6.92 Å². The smallest absolute Gasteiger partial charge is 0.258 e. The van der Waals surface area contributed by atoms with Gasteiger partial charge in [0.2, 0.25) is 0 Å². The maximum absolute atomic E-state index is 12.3. The van der Waals surface area contributed by atoms with Gasteiger partial charge in [-0.1, -0.05) is 6.07 Å². The first kappa shape index (κ1) is 17.1. The highest BCUT2D eigenvalue weighted by Crippen LogP contribution is 2.13. The molecule has 3 rings (SSSR count). The molecule has 24 heavy (non-hydrogen) atoms. The quantitative estimate of drug-likeness (QED) is 0.902. The number of aliphatic hydroxyl groups is 1. The second-order valence-corrected chi connectivity index (χ2v) is 6.95. The van der Waals surface area contributed by atoms with Crippen LogP contribution in [-0.4, -0.2) is 62.6 Å². The van der Waals surface area contributed by atoms with Crippen LogP contribution < -0.4 is 5.56 Å². The molecule has 0 unspecified atom stereocenters. The monoisotopic (exact) mass is 330 g/mol. The van der Waals surface area contributed by atoms with E-state index in [0.717, 1.165) is 30.9 Å². The zero-order chi connectivity index (χ0) is 17.3. The fraction of sp³-hybridized carbons (Fsp3) is 0.556. The Bertz CT molecular complexity index is 771. The summed E-state index contributed by atoms with van der Waals surface area (Å²) in [6, 6.07) is 5.89. The van der Waals surface area contributed by atoms with E-state index < -0.39 is 0 Å². The van der Waals surface area contributed by atoms with Gasteiger partial charge in [-0.3, -0.25) is 19.0 Å². The molecule has 2 aromatic rings. The van der Waals surface area contributed by atoms with Crippen molar-refractivity contribution in [3.63, 3.8) is 0 Å². The Hall–Kier alpha value is -1.76. The van der Waals surface area contributed by atoms with Crippen molar-refractivity contribution in [3.05, 3.63) is 46.0 Å². The average molecular weight is 330 g/mol. The Morgan fingerprint density at radius 3 is 2.88 bits per heavy atom. The highest BCUT2D eigenvalue weighted by atomic mass is 16.3. The van der Waals surface area contributed by atoms with Gasteiger partial charge in [0, 0.05) is 51.0 Å². The van der Waals surface area contributed by atoms with E-state index in [1.54, 1.807) is 10.5 Å². The number of hydrogen-bond acceptors (Lipinski definition) is 5. The van der Waals surface area contributed by atoms with Crippen LogP contribution in [0.25, 0.3) is 5.65 Å². The molecule has 1 aliphatic heterocycles. The summed E-state index contributed by atoms with van der Waals surface area (Å²) in [5.41, 5.74) is 2.53. The summed E-state index contributed by atoms with van der Waals surface area (Å²) in [7, 11) is 0. The number of nitrogens with zero attached hydrogens (tertiary/aromatic N) is 4. The van der Waals surface area contributed by atoms with Crippen LogP contribution in [0.5, 0.6) is 0 Å². The van der Waals surface area contributed by atoms with Crippen molar-refractivity contribution in [2.75, 3.05) is 26.2 Å². The van der Waals surface area contributed by atoms with Crippen molar-refractivity contribution in [3.8, 4) is 0 Å². The molecule has 1 fully saturated rings. The lowest BCUT2D eigenvalue weighted by atomic mass is 10.1. The number of β-amino-alcohol motifs (C(OH)–C–C–N with tert-alkyl or cyclic N) is 1. The lowest BCUT2D eigenvalue weighted by Gasteiger charge is -2.40. The number of rotatable bonds is 4. The van der Waals surface area contributed by atoms with Gasteiger partial charge in [-0.25, -0.2) is 4.98 Å². The molecule has 6 heteroatoms. The topological polar surface area (TPSA) is 61.1 Å². The molecule has 2 aromatic heterocycles. The summed E-state index contributed by atoms with van der Waals surface area (Å²) >= 11 is 0. The summed E-state index contributed by atoms with van der Waals surface area (Å²) in [5, 5.41) is 9.57. The highest BCUT2D eigenvalue weighted by molar-refractivity contribution is 5.39. The molecule has 0 radical (unpaired) electrons. The van der Waals surface area contributed by atoms with Crippen LogP contribution in [0.15, 0.2) is 29.2 Å².